The van der Waals surface area contributed by atoms with Gasteiger partial charge in [-0.25, -0.2) is 13.8 Å². The average molecular weight is 472 g/mol. The summed E-state index contributed by atoms with van der Waals surface area (Å²) in [5.41, 5.74) is 2.54. The van der Waals surface area contributed by atoms with E-state index in [2.05, 4.69) is 31.5 Å². The lowest BCUT2D eigenvalue weighted by Gasteiger charge is -2.34. The lowest BCUT2D eigenvalue weighted by Crippen LogP contribution is -2.37. The molecule has 0 N–H and O–H groups in total. The second-order valence-corrected chi connectivity index (χ2v) is 8.87. The minimum atomic E-state index is -2.78. The van der Waals surface area contributed by atoms with E-state index in [1.165, 1.54) is 4.90 Å². The number of fused-ring (bicyclic) bond motifs is 3. The molecule has 1 atom stereocenters. The van der Waals surface area contributed by atoms with Gasteiger partial charge in [-0.2, -0.15) is 0 Å². The van der Waals surface area contributed by atoms with Crippen LogP contribution in [0.2, 0.25) is 0 Å². The van der Waals surface area contributed by atoms with Crippen molar-refractivity contribution < 1.29 is 13.6 Å². The molecule has 2 aromatic carbocycles. The molecule has 7 heteroatoms. The summed E-state index contributed by atoms with van der Waals surface area (Å²) in [5, 5.41) is 0. The third-order valence-electron chi connectivity index (χ3n) is 6.21. The number of likely N-dealkylation sites (tertiary alicyclic amines) is 1. The van der Waals surface area contributed by atoms with Crippen molar-refractivity contribution in [2.45, 2.75) is 30.7 Å². The van der Waals surface area contributed by atoms with Gasteiger partial charge >= 0.3 is 0 Å². The molecule has 1 unspecified atom stereocenters. The minimum Gasteiger partial charge on any atom is -0.336 e. The summed E-state index contributed by atoms with van der Waals surface area (Å²) < 4.78 is 30.3. The van der Waals surface area contributed by atoms with Gasteiger partial charge < -0.3 is 9.47 Å². The standard InChI is InChI=1S/C23H20BrF2N3O/c24-17-7-5-16(6-8-17)23(10-9-20(30)28-13-11-22(25,26)15-28)19-4-2-1-3-18(19)21-27-12-14-29(21)23/h1-8,12,14H,9-11,13,15H2. The number of aromatic nitrogens is 2. The Labute approximate surface area is 181 Å². The quantitative estimate of drug-likeness (QED) is 0.532. The van der Waals surface area contributed by atoms with Crippen LogP contribution in [0, 0.1) is 0 Å². The lowest BCUT2D eigenvalue weighted by molar-refractivity contribution is -0.132. The predicted molar refractivity (Wildman–Crippen MR) is 113 cm³/mol. The average Bonchev–Trinajstić information content (AvgIpc) is 3.42. The summed E-state index contributed by atoms with van der Waals surface area (Å²) in [6, 6.07) is 16.1. The smallest absolute Gasteiger partial charge is 0.267 e. The Hall–Kier alpha value is -2.54. The normalized spacial score (nSPS) is 21.5. The highest BCUT2D eigenvalue weighted by molar-refractivity contribution is 9.10. The predicted octanol–water partition coefficient (Wildman–Crippen LogP) is 5.07. The fraction of sp³-hybridized carbons (Fsp3) is 0.304. The maximum Gasteiger partial charge on any atom is 0.267 e. The van der Waals surface area contributed by atoms with Gasteiger partial charge in [0.15, 0.2) is 0 Å². The number of hydrogen-bond donors (Lipinski definition) is 0. The number of imidazole rings is 1. The largest absolute Gasteiger partial charge is 0.336 e. The van der Waals surface area contributed by atoms with E-state index in [-0.39, 0.29) is 25.3 Å². The molecular formula is C23H20BrF2N3O. The van der Waals surface area contributed by atoms with Gasteiger partial charge in [0.05, 0.1) is 12.1 Å². The molecule has 4 nitrogen and oxygen atoms in total. The number of nitrogens with zero attached hydrogens (tertiary/aromatic N) is 3. The molecule has 3 aromatic rings. The maximum absolute atomic E-state index is 13.6. The van der Waals surface area contributed by atoms with Crippen LogP contribution in [0.25, 0.3) is 11.4 Å². The van der Waals surface area contributed by atoms with Gasteiger partial charge in [0.1, 0.15) is 5.82 Å². The first-order chi connectivity index (χ1) is 14.4. The summed E-state index contributed by atoms with van der Waals surface area (Å²) in [6.45, 7) is -0.367. The second kappa shape index (κ2) is 7.01. The topological polar surface area (TPSA) is 38.1 Å². The third kappa shape index (κ3) is 2.98. The zero-order chi connectivity index (χ0) is 20.9. The summed E-state index contributed by atoms with van der Waals surface area (Å²) in [6.07, 6.45) is 4.09. The summed E-state index contributed by atoms with van der Waals surface area (Å²) >= 11 is 3.49. The highest BCUT2D eigenvalue weighted by Gasteiger charge is 2.46. The molecule has 1 saturated heterocycles. The van der Waals surface area contributed by atoms with E-state index in [0.29, 0.717) is 6.42 Å². The van der Waals surface area contributed by atoms with Crippen LogP contribution in [0.15, 0.2) is 65.4 Å². The van der Waals surface area contributed by atoms with E-state index in [9.17, 15) is 13.6 Å². The van der Waals surface area contributed by atoms with E-state index in [4.69, 9.17) is 0 Å². The van der Waals surface area contributed by atoms with Crippen LogP contribution in [0.1, 0.15) is 30.4 Å². The molecular weight excluding hydrogens is 452 g/mol. The van der Waals surface area contributed by atoms with Crippen molar-refractivity contribution in [3.8, 4) is 11.4 Å². The Morgan fingerprint density at radius 2 is 1.90 bits per heavy atom. The number of carbonyl (C=O) groups is 1. The molecule has 1 fully saturated rings. The first kappa shape index (κ1) is 19.4. The number of amides is 1. The molecule has 0 saturated carbocycles. The van der Waals surface area contributed by atoms with Gasteiger partial charge in [0.25, 0.3) is 5.92 Å². The molecule has 2 aliphatic heterocycles. The molecule has 1 aromatic heterocycles. The Balaban J connectivity index is 1.56. The number of alkyl halides is 2. The minimum absolute atomic E-state index is 0.115. The molecule has 154 valence electrons. The molecule has 30 heavy (non-hydrogen) atoms. The lowest BCUT2D eigenvalue weighted by atomic mass is 9.79. The van der Waals surface area contributed by atoms with Crippen LogP contribution in [0.5, 0.6) is 0 Å². The molecule has 0 spiro atoms. The molecule has 5 rings (SSSR count). The van der Waals surface area contributed by atoms with Crippen molar-refractivity contribution in [1.82, 2.24) is 14.5 Å². The molecule has 0 bridgehead atoms. The molecule has 1 amide bonds. The number of hydrogen-bond acceptors (Lipinski definition) is 2. The van der Waals surface area contributed by atoms with Crippen LogP contribution in [0.4, 0.5) is 8.78 Å². The summed E-state index contributed by atoms with van der Waals surface area (Å²) in [7, 11) is 0. The third-order valence-corrected chi connectivity index (χ3v) is 6.74. The number of halogens is 3. The fourth-order valence-electron chi connectivity index (χ4n) is 4.79. The number of carbonyl (C=O) groups excluding carboxylic acids is 1. The van der Waals surface area contributed by atoms with Gasteiger partial charge in [0, 0.05) is 41.8 Å². The van der Waals surface area contributed by atoms with Crippen molar-refractivity contribution in [3.63, 3.8) is 0 Å². The van der Waals surface area contributed by atoms with Crippen molar-refractivity contribution in [1.29, 1.82) is 0 Å². The fourth-order valence-corrected chi connectivity index (χ4v) is 5.06. The van der Waals surface area contributed by atoms with E-state index in [0.717, 1.165) is 27.0 Å². The Kier molecular flexibility index (Phi) is 4.54. The van der Waals surface area contributed by atoms with Gasteiger partial charge in [-0.3, -0.25) is 4.79 Å². The maximum atomic E-state index is 13.6. The van der Waals surface area contributed by atoms with Gasteiger partial charge in [-0.15, -0.1) is 0 Å². The van der Waals surface area contributed by atoms with E-state index in [1.807, 2.05) is 48.7 Å². The van der Waals surface area contributed by atoms with Gasteiger partial charge in [-0.05, 0) is 29.7 Å². The highest BCUT2D eigenvalue weighted by atomic mass is 79.9. The summed E-state index contributed by atoms with van der Waals surface area (Å²) in [4.78, 5) is 18.7. The Morgan fingerprint density at radius 1 is 1.13 bits per heavy atom. The van der Waals surface area contributed by atoms with Crippen molar-refractivity contribution in [2.75, 3.05) is 13.1 Å². The van der Waals surface area contributed by atoms with E-state index >= 15 is 0 Å². The first-order valence-corrected chi connectivity index (χ1v) is 10.8. The van der Waals surface area contributed by atoms with Crippen LogP contribution < -0.4 is 0 Å². The van der Waals surface area contributed by atoms with E-state index in [1.54, 1.807) is 6.20 Å². The summed E-state index contributed by atoms with van der Waals surface area (Å²) in [5.74, 6) is -2.15. The van der Waals surface area contributed by atoms with E-state index < -0.39 is 18.0 Å². The Bertz CT molecular complexity index is 1110. The number of benzene rings is 2. The SMILES string of the molecule is O=C(CCC1(c2ccc(Br)cc2)c2ccccc2-c2nccn21)N1CCC(F)(F)C1. The molecule has 2 aliphatic rings. The van der Waals surface area contributed by atoms with Crippen LogP contribution in [-0.4, -0.2) is 39.4 Å². The van der Waals surface area contributed by atoms with Crippen molar-refractivity contribution in [2.24, 2.45) is 0 Å². The van der Waals surface area contributed by atoms with Crippen molar-refractivity contribution in [3.05, 3.63) is 76.5 Å². The van der Waals surface area contributed by atoms with Gasteiger partial charge in [0.2, 0.25) is 5.91 Å². The molecule has 0 aliphatic carbocycles. The van der Waals surface area contributed by atoms with Crippen molar-refractivity contribution >= 4 is 21.8 Å². The monoisotopic (exact) mass is 471 g/mol. The Morgan fingerprint density at radius 3 is 2.63 bits per heavy atom. The first-order valence-electron chi connectivity index (χ1n) is 9.96. The zero-order valence-corrected chi connectivity index (χ0v) is 17.8. The second-order valence-electron chi connectivity index (χ2n) is 7.95. The van der Waals surface area contributed by atoms with Gasteiger partial charge in [-0.1, -0.05) is 52.3 Å². The molecule has 0 radical (unpaired) electrons. The highest BCUT2D eigenvalue weighted by Crippen LogP contribution is 2.49. The van der Waals surface area contributed by atoms with Crippen LogP contribution in [-0.2, 0) is 10.3 Å². The zero-order valence-electron chi connectivity index (χ0n) is 16.2. The van der Waals surface area contributed by atoms with Crippen LogP contribution in [0.3, 0.4) is 0 Å². The van der Waals surface area contributed by atoms with Crippen LogP contribution >= 0.6 is 15.9 Å². The number of rotatable bonds is 4. The molecule has 3 heterocycles.